The minimum atomic E-state index is -0.517. The quantitative estimate of drug-likeness (QED) is 0.451. The molecular formula is C27H23F2N7O. The summed E-state index contributed by atoms with van der Waals surface area (Å²) in [6, 6.07) is 13.4. The minimum absolute atomic E-state index is 0.0713. The zero-order chi connectivity index (χ0) is 26.1. The molecule has 10 heteroatoms. The van der Waals surface area contributed by atoms with Gasteiger partial charge in [0.2, 0.25) is 5.95 Å². The van der Waals surface area contributed by atoms with Crippen molar-refractivity contribution in [3.8, 4) is 12.1 Å². The van der Waals surface area contributed by atoms with Crippen molar-refractivity contribution in [2.24, 2.45) is 5.73 Å². The number of hydrogen-bond acceptors (Lipinski definition) is 6. The van der Waals surface area contributed by atoms with E-state index in [4.69, 9.17) is 10.7 Å². The van der Waals surface area contributed by atoms with Crippen molar-refractivity contribution in [2.45, 2.75) is 32.0 Å². The number of halogens is 2. The lowest BCUT2D eigenvalue weighted by Gasteiger charge is -2.33. The lowest BCUT2D eigenvalue weighted by molar-refractivity contribution is 0.491. The number of hydrogen-bond donors (Lipinski definition) is 1. The Morgan fingerprint density at radius 2 is 1.65 bits per heavy atom. The van der Waals surface area contributed by atoms with Crippen LogP contribution in [0.1, 0.15) is 35.1 Å². The molecule has 0 bridgehead atoms. The Morgan fingerprint density at radius 1 is 1.00 bits per heavy atom. The molecule has 186 valence electrons. The van der Waals surface area contributed by atoms with E-state index in [1.165, 1.54) is 41.0 Å². The summed E-state index contributed by atoms with van der Waals surface area (Å²) in [4.78, 5) is 20.7. The van der Waals surface area contributed by atoms with Crippen LogP contribution in [0, 0.1) is 34.3 Å². The van der Waals surface area contributed by atoms with Gasteiger partial charge in [-0.05, 0) is 66.4 Å². The van der Waals surface area contributed by atoms with Crippen molar-refractivity contribution < 1.29 is 8.78 Å². The second kappa shape index (κ2) is 9.84. The molecule has 3 heterocycles. The van der Waals surface area contributed by atoms with Gasteiger partial charge in [0.15, 0.2) is 0 Å². The first kappa shape index (κ1) is 24.2. The molecule has 1 fully saturated rings. The SMILES string of the molecule is N#Cc1ccc(F)cc1Cn1c(N2CCC[C@@H](N)C2)nc2ccn(Cc3cc(F)ccc3C#N)c2c1=O. The average Bonchev–Trinajstić information content (AvgIpc) is 3.28. The van der Waals surface area contributed by atoms with E-state index >= 15 is 0 Å². The van der Waals surface area contributed by atoms with Gasteiger partial charge < -0.3 is 15.2 Å². The highest BCUT2D eigenvalue weighted by Crippen LogP contribution is 2.23. The summed E-state index contributed by atoms with van der Waals surface area (Å²) in [5, 5.41) is 19.0. The molecule has 37 heavy (non-hydrogen) atoms. The summed E-state index contributed by atoms with van der Waals surface area (Å²) in [6.45, 7) is 1.16. The highest BCUT2D eigenvalue weighted by molar-refractivity contribution is 5.76. The van der Waals surface area contributed by atoms with Crippen molar-refractivity contribution in [2.75, 3.05) is 18.0 Å². The van der Waals surface area contributed by atoms with E-state index < -0.39 is 17.2 Å². The van der Waals surface area contributed by atoms with Gasteiger partial charge in [-0.1, -0.05) is 0 Å². The van der Waals surface area contributed by atoms with Crippen LogP contribution in [-0.4, -0.2) is 33.2 Å². The minimum Gasteiger partial charge on any atom is -0.341 e. The number of aromatic nitrogens is 3. The predicted octanol–water partition coefficient (Wildman–Crippen LogP) is 3.24. The van der Waals surface area contributed by atoms with Gasteiger partial charge in [0.05, 0.1) is 35.3 Å². The third kappa shape index (κ3) is 4.67. The van der Waals surface area contributed by atoms with Gasteiger partial charge in [-0.3, -0.25) is 9.36 Å². The van der Waals surface area contributed by atoms with E-state index in [1.54, 1.807) is 16.8 Å². The van der Waals surface area contributed by atoms with E-state index in [0.29, 0.717) is 41.2 Å². The first-order valence-corrected chi connectivity index (χ1v) is 11.8. The number of anilines is 1. The van der Waals surface area contributed by atoms with E-state index in [0.717, 1.165) is 12.8 Å². The third-order valence-corrected chi connectivity index (χ3v) is 6.64. The maximum atomic E-state index is 14.1. The Bertz CT molecular complexity index is 1640. The Hall–Kier alpha value is -4.54. The molecule has 0 spiro atoms. The average molecular weight is 500 g/mol. The molecule has 0 unspecified atom stereocenters. The van der Waals surface area contributed by atoms with E-state index in [-0.39, 0.29) is 30.2 Å². The van der Waals surface area contributed by atoms with Crippen LogP contribution in [0.4, 0.5) is 14.7 Å². The normalized spacial score (nSPS) is 15.5. The Kier molecular flexibility index (Phi) is 6.43. The molecule has 0 radical (unpaired) electrons. The Balaban J connectivity index is 1.68. The number of piperidine rings is 1. The summed E-state index contributed by atoms with van der Waals surface area (Å²) >= 11 is 0. The molecule has 4 aromatic rings. The highest BCUT2D eigenvalue weighted by Gasteiger charge is 2.24. The zero-order valence-electron chi connectivity index (χ0n) is 19.9. The van der Waals surface area contributed by atoms with Crippen molar-refractivity contribution in [1.82, 2.24) is 14.1 Å². The highest BCUT2D eigenvalue weighted by atomic mass is 19.1. The van der Waals surface area contributed by atoms with E-state index in [1.807, 2.05) is 4.90 Å². The van der Waals surface area contributed by atoms with Crippen molar-refractivity contribution >= 4 is 17.0 Å². The standard InChI is InChI=1S/C27H23F2N7O/c28-21-5-3-17(12-30)19(10-21)14-34-9-7-24-25(34)26(37)36(15-20-11-22(29)6-4-18(20)13-31)27(33-24)35-8-1-2-23(32)16-35/h3-7,9-11,23H,1-2,8,14-16,32H2/t23-/m1/s1. The summed E-state index contributed by atoms with van der Waals surface area (Å²) in [5.41, 5.74) is 7.83. The number of fused-ring (bicyclic) bond motifs is 1. The number of nitrogens with zero attached hydrogens (tertiary/aromatic N) is 6. The van der Waals surface area contributed by atoms with Crippen LogP contribution >= 0.6 is 0 Å². The van der Waals surface area contributed by atoms with Crippen LogP contribution in [0.2, 0.25) is 0 Å². The van der Waals surface area contributed by atoms with Gasteiger partial charge >= 0.3 is 0 Å². The lowest BCUT2D eigenvalue weighted by Crippen LogP contribution is -2.45. The van der Waals surface area contributed by atoms with Crippen LogP contribution in [0.15, 0.2) is 53.5 Å². The van der Waals surface area contributed by atoms with Gasteiger partial charge in [0.1, 0.15) is 17.2 Å². The van der Waals surface area contributed by atoms with Crippen LogP contribution in [0.25, 0.3) is 11.0 Å². The molecule has 1 atom stereocenters. The largest absolute Gasteiger partial charge is 0.341 e. The molecule has 5 rings (SSSR count). The third-order valence-electron chi connectivity index (χ3n) is 6.64. The number of nitriles is 2. The number of rotatable bonds is 5. The smallest absolute Gasteiger partial charge is 0.279 e. The fourth-order valence-electron chi connectivity index (χ4n) is 4.84. The molecular weight excluding hydrogens is 476 g/mol. The Labute approximate surface area is 211 Å². The van der Waals surface area contributed by atoms with Crippen LogP contribution in [0.5, 0.6) is 0 Å². The van der Waals surface area contributed by atoms with Crippen molar-refractivity contribution in [3.63, 3.8) is 0 Å². The van der Waals surface area contributed by atoms with E-state index in [9.17, 15) is 24.1 Å². The lowest BCUT2D eigenvalue weighted by atomic mass is 10.1. The van der Waals surface area contributed by atoms with Gasteiger partial charge in [0.25, 0.3) is 5.56 Å². The summed E-state index contributed by atoms with van der Waals surface area (Å²) in [6.07, 6.45) is 3.36. The molecule has 0 aliphatic carbocycles. The second-order valence-corrected chi connectivity index (χ2v) is 9.16. The van der Waals surface area contributed by atoms with Gasteiger partial charge in [-0.2, -0.15) is 10.5 Å². The maximum absolute atomic E-state index is 14.1. The maximum Gasteiger partial charge on any atom is 0.279 e. The van der Waals surface area contributed by atoms with Crippen LogP contribution < -0.4 is 16.2 Å². The van der Waals surface area contributed by atoms with E-state index in [2.05, 4.69) is 12.1 Å². The first-order valence-electron chi connectivity index (χ1n) is 11.8. The molecule has 2 aromatic carbocycles. The van der Waals surface area contributed by atoms with Crippen LogP contribution in [-0.2, 0) is 13.1 Å². The van der Waals surface area contributed by atoms with Gasteiger partial charge in [-0.25, -0.2) is 13.8 Å². The number of nitrogens with two attached hydrogens (primary N) is 1. The van der Waals surface area contributed by atoms with Crippen molar-refractivity contribution in [1.29, 1.82) is 10.5 Å². The van der Waals surface area contributed by atoms with Gasteiger partial charge in [0, 0.05) is 31.9 Å². The fraction of sp³-hybridized carbons (Fsp3) is 0.259. The molecule has 8 nitrogen and oxygen atoms in total. The van der Waals surface area contributed by atoms with Gasteiger partial charge in [-0.15, -0.1) is 0 Å². The molecule has 2 aromatic heterocycles. The molecule has 1 aliphatic rings. The summed E-state index contributed by atoms with van der Waals surface area (Å²) in [7, 11) is 0. The summed E-state index contributed by atoms with van der Waals surface area (Å²) < 4.78 is 31.1. The molecule has 0 amide bonds. The Morgan fingerprint density at radius 3 is 2.27 bits per heavy atom. The first-order chi connectivity index (χ1) is 17.9. The second-order valence-electron chi connectivity index (χ2n) is 9.16. The topological polar surface area (TPSA) is 117 Å². The molecule has 1 aliphatic heterocycles. The molecule has 2 N–H and O–H groups in total. The monoisotopic (exact) mass is 499 g/mol. The molecule has 1 saturated heterocycles. The summed E-state index contributed by atoms with van der Waals surface area (Å²) in [5.74, 6) is -0.613. The fourth-order valence-corrected chi connectivity index (χ4v) is 4.84. The van der Waals surface area contributed by atoms with Crippen molar-refractivity contribution in [3.05, 3.63) is 92.9 Å². The zero-order valence-corrected chi connectivity index (χ0v) is 19.9. The van der Waals surface area contributed by atoms with Crippen LogP contribution in [0.3, 0.4) is 0 Å². The molecule has 0 saturated carbocycles. The predicted molar refractivity (Wildman–Crippen MR) is 134 cm³/mol. The number of benzene rings is 2.